The quantitative estimate of drug-likeness (QED) is 0.154. The summed E-state index contributed by atoms with van der Waals surface area (Å²) in [6.07, 6.45) is 0. The van der Waals surface area contributed by atoms with Crippen LogP contribution in [0.3, 0.4) is 0 Å². The number of fused-ring (bicyclic) bond motifs is 27. The summed E-state index contributed by atoms with van der Waals surface area (Å²) in [5.41, 5.74) is 33.2. The van der Waals surface area contributed by atoms with E-state index in [0.717, 1.165) is 101 Å². The fourth-order valence-corrected chi connectivity index (χ4v) is 23.0. The molecule has 0 unspecified atom stereocenters. The van der Waals surface area contributed by atoms with Gasteiger partial charge in [-0.25, -0.2) is 29.9 Å². The Morgan fingerprint density at radius 1 is 0.142 bits per heavy atom. The van der Waals surface area contributed by atoms with E-state index in [4.69, 9.17) is 29.9 Å². The molecule has 24 aromatic rings. The van der Waals surface area contributed by atoms with Crippen LogP contribution in [-0.4, -0.2) is 29.9 Å². The molecule has 0 aliphatic heterocycles. The van der Waals surface area contributed by atoms with Crippen molar-refractivity contribution < 1.29 is 0 Å². The molecule has 0 saturated heterocycles. The van der Waals surface area contributed by atoms with Gasteiger partial charge in [-0.05, 0) is 266 Å². The summed E-state index contributed by atoms with van der Waals surface area (Å²) in [7, 11) is 0. The Hall–Kier alpha value is -16.3. The number of hydrogen-bond acceptors (Lipinski definition) is 6. The maximum Gasteiger partial charge on any atom is 0.160 e. The van der Waals surface area contributed by atoms with Gasteiger partial charge in [0.1, 0.15) is 0 Å². The van der Waals surface area contributed by atoms with Crippen LogP contribution in [0.4, 0.5) is 0 Å². The van der Waals surface area contributed by atoms with Gasteiger partial charge in [0, 0.05) is 71.2 Å². The smallest absolute Gasteiger partial charge is 0.160 e. The van der Waals surface area contributed by atoms with Gasteiger partial charge in [-0.15, -0.1) is 0 Å². The standard InChI is InChI=1S/C45H30N2.C42H32N2.C41H28N2/c1-45(2)40-26-30(20-22-36(40)39-23-27-11-3-4-12-28(27)25-41(39)45)44-46-42-18-10-9-17-37(42)43(47-44)29-19-21-35-33-15-6-5-13-31(33)32-14-7-8-16-34(32)38(35)24-29;1-41(2)34-15-9-7-13-29(34)30-20-18-28(24-36(30)41)40-43-38-16-10-8-14-32(38)39(44-40)27-17-19-31-33-21-25-11-5-6-12-26(25)22-37(33)42(3,4)35(31)23-27;1-41(2)36-24-30(18-20-33(36)35-22-26-10-3-4-11-27(26)23-37(35)41)40-42-38-14-8-7-13-34(38)39(43-40)29-17-19-32-28(21-29)16-15-25-9-5-6-12-31(25)32/h3-26H,1-2H3;5-24H,1-4H3;3-24H,1-2H3. The molecule has 632 valence electrons. The third-order valence-electron chi connectivity index (χ3n) is 30.1. The first-order valence-electron chi connectivity index (χ1n) is 46.8. The third kappa shape index (κ3) is 12.2. The lowest BCUT2D eigenvalue weighted by Crippen LogP contribution is -2.15. The maximum absolute atomic E-state index is 5.35. The van der Waals surface area contributed by atoms with Crippen molar-refractivity contribution in [1.82, 2.24) is 29.9 Å². The first-order chi connectivity index (χ1) is 65.4. The summed E-state index contributed by atoms with van der Waals surface area (Å²) < 4.78 is 0. The molecule has 0 fully saturated rings. The van der Waals surface area contributed by atoms with Crippen molar-refractivity contribution >= 4 is 119 Å². The van der Waals surface area contributed by atoms with Crippen molar-refractivity contribution in [2.24, 2.45) is 0 Å². The third-order valence-corrected chi connectivity index (χ3v) is 30.1. The van der Waals surface area contributed by atoms with Gasteiger partial charge >= 0.3 is 0 Å². The van der Waals surface area contributed by atoms with Crippen molar-refractivity contribution in [3.8, 4) is 112 Å². The highest BCUT2D eigenvalue weighted by molar-refractivity contribution is 6.26. The van der Waals surface area contributed by atoms with E-state index in [1.54, 1.807) is 0 Å². The molecule has 0 N–H and O–H groups in total. The molecule has 4 aliphatic carbocycles. The monoisotopic (exact) mass is 1710 g/mol. The predicted octanol–water partition coefficient (Wildman–Crippen LogP) is 33.3. The zero-order valence-corrected chi connectivity index (χ0v) is 75.8. The number of nitrogens with zero attached hydrogens (tertiary/aromatic N) is 6. The number of hydrogen-bond donors (Lipinski definition) is 0. The van der Waals surface area contributed by atoms with E-state index >= 15 is 0 Å². The van der Waals surface area contributed by atoms with Crippen LogP contribution in [0.2, 0.25) is 0 Å². The van der Waals surface area contributed by atoms with Gasteiger partial charge in [-0.3, -0.25) is 0 Å². The topological polar surface area (TPSA) is 77.3 Å². The molecule has 4 aliphatic rings. The summed E-state index contributed by atoms with van der Waals surface area (Å²) >= 11 is 0. The van der Waals surface area contributed by atoms with Crippen LogP contribution in [0.25, 0.3) is 231 Å². The minimum absolute atomic E-state index is 0.0764. The average molecular weight is 1710 g/mol. The second-order valence-electron chi connectivity index (χ2n) is 39.1. The number of rotatable bonds is 6. The van der Waals surface area contributed by atoms with Gasteiger partial charge in [-0.1, -0.05) is 365 Å². The van der Waals surface area contributed by atoms with Crippen LogP contribution >= 0.6 is 0 Å². The van der Waals surface area contributed by atoms with Gasteiger partial charge in [0.2, 0.25) is 0 Å². The zero-order valence-electron chi connectivity index (χ0n) is 75.8. The SMILES string of the molecule is CC1(C)c2cc(-c3nc(-c4ccc5c(ccc6ccccc65)c4)c4ccccc4n3)ccc2-c2cc3ccccc3cc21.CC1(C)c2cc(-c3nc(-c4ccc5c6ccccc6c6ccccc6c5c4)c4ccccc4n3)ccc2-c2cc3ccccc3cc21.CC1(C)c2ccccc2-c2ccc(-c3nc(-c4ccc5c(c4)C(C)(C)c4cc6ccccc6cc4-5)c4ccccc4n3)cc21. The summed E-state index contributed by atoms with van der Waals surface area (Å²) in [6.45, 7) is 18.7. The first-order valence-corrected chi connectivity index (χ1v) is 46.8. The Morgan fingerprint density at radius 3 is 0.813 bits per heavy atom. The highest BCUT2D eigenvalue weighted by Crippen LogP contribution is 2.56. The van der Waals surface area contributed by atoms with Crippen molar-refractivity contribution in [3.05, 3.63) is 445 Å². The Kier molecular flexibility index (Phi) is 17.4. The summed E-state index contributed by atoms with van der Waals surface area (Å²) in [5.74, 6) is 2.27. The fraction of sp³-hybridized carbons (Fsp3) is 0.0938. The summed E-state index contributed by atoms with van der Waals surface area (Å²) in [6, 6.07) is 145. The number of para-hydroxylation sites is 3. The van der Waals surface area contributed by atoms with E-state index in [2.05, 4.69) is 456 Å². The van der Waals surface area contributed by atoms with Crippen molar-refractivity contribution in [3.63, 3.8) is 0 Å². The molecule has 3 aromatic heterocycles. The lowest BCUT2D eigenvalue weighted by atomic mass is 9.81. The highest BCUT2D eigenvalue weighted by atomic mass is 14.9. The molecule has 0 saturated carbocycles. The van der Waals surface area contributed by atoms with Crippen LogP contribution in [0.5, 0.6) is 0 Å². The van der Waals surface area contributed by atoms with Crippen molar-refractivity contribution in [2.75, 3.05) is 0 Å². The van der Waals surface area contributed by atoms with Crippen molar-refractivity contribution in [2.45, 2.75) is 77.0 Å². The maximum atomic E-state index is 5.35. The molecule has 6 nitrogen and oxygen atoms in total. The Bertz CT molecular complexity index is 9190. The van der Waals surface area contributed by atoms with E-state index in [9.17, 15) is 0 Å². The molecule has 0 spiro atoms. The molecule has 0 amide bonds. The number of benzene rings is 21. The van der Waals surface area contributed by atoms with Crippen LogP contribution in [0, 0.1) is 0 Å². The molecule has 0 radical (unpaired) electrons. The zero-order chi connectivity index (χ0) is 89.8. The molecule has 134 heavy (non-hydrogen) atoms. The molecule has 6 heteroatoms. The van der Waals surface area contributed by atoms with Gasteiger partial charge in [0.15, 0.2) is 17.5 Å². The molecule has 0 bridgehead atoms. The van der Waals surface area contributed by atoms with Gasteiger partial charge in [0.05, 0.1) is 33.6 Å². The number of aromatic nitrogens is 6. The molecule has 0 atom stereocenters. The minimum Gasteiger partial charge on any atom is -0.228 e. The molecular formula is C128H90N6. The van der Waals surface area contributed by atoms with Gasteiger partial charge < -0.3 is 0 Å². The van der Waals surface area contributed by atoms with E-state index in [-0.39, 0.29) is 21.7 Å². The van der Waals surface area contributed by atoms with Gasteiger partial charge in [0.25, 0.3) is 0 Å². The van der Waals surface area contributed by atoms with Gasteiger partial charge in [-0.2, -0.15) is 0 Å². The van der Waals surface area contributed by atoms with Crippen LogP contribution in [-0.2, 0) is 21.7 Å². The Balaban J connectivity index is 0.000000105. The van der Waals surface area contributed by atoms with Crippen LogP contribution in [0.1, 0.15) is 99.9 Å². The molecule has 3 heterocycles. The Labute approximate surface area is 777 Å². The van der Waals surface area contributed by atoms with E-state index in [0.29, 0.717) is 0 Å². The van der Waals surface area contributed by atoms with E-state index in [1.165, 1.54) is 175 Å². The normalized spacial score (nSPS) is 14.1. The largest absolute Gasteiger partial charge is 0.228 e. The lowest BCUT2D eigenvalue weighted by molar-refractivity contribution is 0.660. The minimum atomic E-state index is -0.132. The van der Waals surface area contributed by atoms with Crippen LogP contribution < -0.4 is 0 Å². The van der Waals surface area contributed by atoms with Crippen LogP contribution in [0.15, 0.2) is 400 Å². The van der Waals surface area contributed by atoms with Crippen molar-refractivity contribution in [1.29, 1.82) is 0 Å². The Morgan fingerprint density at radius 2 is 0.396 bits per heavy atom. The fourth-order valence-electron chi connectivity index (χ4n) is 23.0. The predicted molar refractivity (Wildman–Crippen MR) is 562 cm³/mol. The van der Waals surface area contributed by atoms with E-state index < -0.39 is 0 Å². The highest BCUT2D eigenvalue weighted by Gasteiger charge is 2.41. The molecule has 21 aromatic carbocycles. The second-order valence-corrected chi connectivity index (χ2v) is 39.1. The lowest BCUT2D eigenvalue weighted by Gasteiger charge is -2.22. The summed E-state index contributed by atoms with van der Waals surface area (Å²) in [5, 5.41) is 23.5. The summed E-state index contributed by atoms with van der Waals surface area (Å²) in [4.78, 5) is 31.3. The second kappa shape index (κ2) is 29.6. The molecular weight excluding hydrogens is 1620 g/mol. The average Bonchev–Trinajstić information content (AvgIpc) is 1.57. The first kappa shape index (κ1) is 78.7. The van der Waals surface area contributed by atoms with E-state index in [1.807, 2.05) is 0 Å². The molecule has 28 rings (SSSR count).